The average Bonchev–Trinajstić information content (AvgIpc) is 1.80. The molecule has 0 bridgehead atoms. The van der Waals surface area contributed by atoms with Gasteiger partial charge in [-0.2, -0.15) is 13.2 Å². The Bertz CT molecular complexity index is 157. The molecule has 0 spiro atoms. The predicted molar refractivity (Wildman–Crippen MR) is 31.7 cm³/mol. The van der Waals surface area contributed by atoms with Crippen molar-refractivity contribution in [2.24, 2.45) is 11.5 Å². The summed E-state index contributed by atoms with van der Waals surface area (Å²) in [5.41, 5.74) is 8.43. The van der Waals surface area contributed by atoms with E-state index >= 15 is 0 Å². The van der Waals surface area contributed by atoms with Gasteiger partial charge in [0, 0.05) is 6.20 Å². The molecule has 2 nitrogen and oxygen atoms in total. The number of nitrogens with two attached hydrogens (primary N) is 2. The first-order valence-electron chi connectivity index (χ1n) is 2.39. The van der Waals surface area contributed by atoms with Crippen molar-refractivity contribution in [2.75, 3.05) is 0 Å². The monoisotopic (exact) mass is 152 g/mol. The Morgan fingerprint density at radius 3 is 1.80 bits per heavy atom. The smallest absolute Gasteiger partial charge is 0.405 e. The van der Waals surface area contributed by atoms with Crippen molar-refractivity contribution >= 4 is 0 Å². The number of hydrogen-bond acceptors (Lipinski definition) is 2. The SMILES string of the molecule is N/C=C\C(=C/N)C(F)(F)F. The first-order valence-corrected chi connectivity index (χ1v) is 2.39. The van der Waals surface area contributed by atoms with Crippen molar-refractivity contribution in [3.63, 3.8) is 0 Å². The molecule has 0 fully saturated rings. The molecular weight excluding hydrogens is 145 g/mol. The third-order valence-corrected chi connectivity index (χ3v) is 0.783. The summed E-state index contributed by atoms with van der Waals surface area (Å²) < 4.78 is 35.0. The average molecular weight is 152 g/mol. The molecule has 0 heterocycles. The van der Waals surface area contributed by atoms with Crippen molar-refractivity contribution < 1.29 is 13.2 Å². The van der Waals surface area contributed by atoms with E-state index in [0.717, 1.165) is 6.20 Å². The van der Waals surface area contributed by atoms with Crippen LogP contribution in [0.3, 0.4) is 0 Å². The largest absolute Gasteiger partial charge is 0.417 e. The first kappa shape index (κ1) is 8.87. The second kappa shape index (κ2) is 3.14. The Morgan fingerprint density at radius 2 is 1.70 bits per heavy atom. The third kappa shape index (κ3) is 2.43. The van der Waals surface area contributed by atoms with Crippen LogP contribution in [0.15, 0.2) is 24.0 Å². The molecule has 0 rings (SSSR count). The van der Waals surface area contributed by atoms with Crippen LogP contribution in [-0.2, 0) is 0 Å². The van der Waals surface area contributed by atoms with Gasteiger partial charge in [0.15, 0.2) is 0 Å². The molecule has 0 atom stereocenters. The molecule has 0 saturated heterocycles. The van der Waals surface area contributed by atoms with Crippen LogP contribution in [0.4, 0.5) is 13.2 Å². The Kier molecular flexibility index (Phi) is 2.79. The lowest BCUT2D eigenvalue weighted by atomic mass is 10.3. The molecule has 58 valence electrons. The topological polar surface area (TPSA) is 52.0 Å². The van der Waals surface area contributed by atoms with E-state index in [9.17, 15) is 13.2 Å². The van der Waals surface area contributed by atoms with Crippen LogP contribution in [0.25, 0.3) is 0 Å². The van der Waals surface area contributed by atoms with E-state index < -0.39 is 11.7 Å². The van der Waals surface area contributed by atoms with Gasteiger partial charge >= 0.3 is 6.18 Å². The second-order valence-corrected chi connectivity index (χ2v) is 1.48. The number of halogens is 3. The summed E-state index contributed by atoms with van der Waals surface area (Å²) in [5.74, 6) is 0. The lowest BCUT2D eigenvalue weighted by Gasteiger charge is -2.04. The fourth-order valence-electron chi connectivity index (χ4n) is 0.348. The van der Waals surface area contributed by atoms with Crippen molar-refractivity contribution in [2.45, 2.75) is 6.18 Å². The zero-order valence-electron chi connectivity index (χ0n) is 5.02. The van der Waals surface area contributed by atoms with Crippen LogP contribution >= 0.6 is 0 Å². The summed E-state index contributed by atoms with van der Waals surface area (Å²) >= 11 is 0. The fourth-order valence-corrected chi connectivity index (χ4v) is 0.348. The molecule has 0 aromatic heterocycles. The molecule has 0 aliphatic carbocycles. The number of alkyl halides is 3. The highest BCUT2D eigenvalue weighted by molar-refractivity contribution is 5.21. The molecule has 0 amide bonds. The molecular formula is C5H7F3N2. The van der Waals surface area contributed by atoms with E-state index in [0.29, 0.717) is 12.3 Å². The highest BCUT2D eigenvalue weighted by Gasteiger charge is 2.31. The predicted octanol–water partition coefficient (Wildman–Crippen LogP) is 0.864. The van der Waals surface area contributed by atoms with E-state index in [4.69, 9.17) is 5.73 Å². The molecule has 0 aromatic rings. The third-order valence-electron chi connectivity index (χ3n) is 0.783. The maximum absolute atomic E-state index is 11.7. The number of rotatable bonds is 1. The van der Waals surface area contributed by atoms with Gasteiger partial charge in [0.25, 0.3) is 0 Å². The van der Waals surface area contributed by atoms with Gasteiger partial charge in [-0.15, -0.1) is 0 Å². The summed E-state index contributed by atoms with van der Waals surface area (Å²) in [6, 6.07) is 0. The Hall–Kier alpha value is -1.13. The second-order valence-electron chi connectivity index (χ2n) is 1.48. The minimum absolute atomic E-state index is 0.462. The van der Waals surface area contributed by atoms with E-state index in [1.165, 1.54) is 0 Å². The quantitative estimate of drug-likeness (QED) is 0.547. The number of hydrogen-bond donors (Lipinski definition) is 2. The summed E-state index contributed by atoms with van der Waals surface area (Å²) in [6.45, 7) is 0. The van der Waals surface area contributed by atoms with Gasteiger partial charge < -0.3 is 11.5 Å². The maximum atomic E-state index is 11.7. The normalized spacial score (nSPS) is 14.5. The Morgan fingerprint density at radius 1 is 1.20 bits per heavy atom. The lowest BCUT2D eigenvalue weighted by Crippen LogP contribution is -2.11. The van der Waals surface area contributed by atoms with Crippen LogP contribution in [0.5, 0.6) is 0 Å². The molecule has 0 aliphatic rings. The molecule has 0 aromatic carbocycles. The van der Waals surface area contributed by atoms with Gasteiger partial charge in [0.2, 0.25) is 0 Å². The van der Waals surface area contributed by atoms with Crippen LogP contribution in [0, 0.1) is 0 Å². The fraction of sp³-hybridized carbons (Fsp3) is 0.200. The zero-order valence-corrected chi connectivity index (χ0v) is 5.02. The lowest BCUT2D eigenvalue weighted by molar-refractivity contribution is -0.0883. The van der Waals surface area contributed by atoms with Gasteiger partial charge in [0.05, 0.1) is 5.57 Å². The Balaban J connectivity index is 4.39. The molecule has 0 saturated carbocycles. The van der Waals surface area contributed by atoms with Gasteiger partial charge in [-0.05, 0) is 12.3 Å². The molecule has 4 N–H and O–H groups in total. The summed E-state index contributed by atoms with van der Waals surface area (Å²) in [6.07, 6.45) is -2.47. The highest BCUT2D eigenvalue weighted by Crippen LogP contribution is 2.25. The van der Waals surface area contributed by atoms with Crippen molar-refractivity contribution in [1.82, 2.24) is 0 Å². The minimum Gasteiger partial charge on any atom is -0.405 e. The molecule has 5 heteroatoms. The van der Waals surface area contributed by atoms with E-state index in [-0.39, 0.29) is 0 Å². The van der Waals surface area contributed by atoms with E-state index in [1.54, 1.807) is 0 Å². The van der Waals surface area contributed by atoms with Crippen molar-refractivity contribution in [3.05, 3.63) is 24.0 Å². The van der Waals surface area contributed by atoms with Crippen molar-refractivity contribution in [3.8, 4) is 0 Å². The summed E-state index contributed by atoms with van der Waals surface area (Å²) in [5, 5.41) is 0. The highest BCUT2D eigenvalue weighted by atomic mass is 19.4. The summed E-state index contributed by atoms with van der Waals surface area (Å²) in [4.78, 5) is 0. The maximum Gasteiger partial charge on any atom is 0.417 e. The molecule has 0 aliphatic heterocycles. The molecule has 0 unspecified atom stereocenters. The van der Waals surface area contributed by atoms with Gasteiger partial charge in [0.1, 0.15) is 0 Å². The van der Waals surface area contributed by atoms with Crippen LogP contribution in [0.1, 0.15) is 0 Å². The van der Waals surface area contributed by atoms with Crippen LogP contribution < -0.4 is 11.5 Å². The standard InChI is InChI=1S/C5H7F3N2/c6-5(7,8)4(3-10)1-2-9/h1-3H,9-10H2/b2-1-,4-3+. The first-order chi connectivity index (χ1) is 4.52. The van der Waals surface area contributed by atoms with E-state index in [2.05, 4.69) is 5.73 Å². The van der Waals surface area contributed by atoms with E-state index in [1.807, 2.05) is 0 Å². The van der Waals surface area contributed by atoms with Crippen LogP contribution in [0.2, 0.25) is 0 Å². The van der Waals surface area contributed by atoms with Gasteiger partial charge in [-0.3, -0.25) is 0 Å². The van der Waals surface area contributed by atoms with Gasteiger partial charge in [-0.1, -0.05) is 0 Å². The zero-order chi connectivity index (χ0) is 8.20. The van der Waals surface area contributed by atoms with Crippen molar-refractivity contribution in [1.29, 1.82) is 0 Å². The summed E-state index contributed by atoms with van der Waals surface area (Å²) in [7, 11) is 0. The molecule has 0 radical (unpaired) electrons. The van der Waals surface area contributed by atoms with Gasteiger partial charge in [-0.25, -0.2) is 0 Å². The minimum atomic E-state index is -4.41. The number of allylic oxidation sites excluding steroid dienone is 2. The molecule has 10 heavy (non-hydrogen) atoms. The van der Waals surface area contributed by atoms with Crippen LogP contribution in [-0.4, -0.2) is 6.18 Å². The Labute approximate surface area is 56.0 Å².